The predicted octanol–water partition coefficient (Wildman–Crippen LogP) is 3.04. The summed E-state index contributed by atoms with van der Waals surface area (Å²) in [5, 5.41) is 3.23. The molecule has 6 rings (SSSR count). The molecule has 1 unspecified atom stereocenters. The van der Waals surface area contributed by atoms with E-state index in [-0.39, 0.29) is 34.7 Å². The molecule has 1 N–H and O–H groups in total. The Kier molecular flexibility index (Phi) is 10.1. The van der Waals surface area contributed by atoms with Crippen molar-refractivity contribution in [2.75, 3.05) is 76.9 Å². The maximum atomic E-state index is 14.4. The molecule has 258 valence electrons. The summed E-state index contributed by atoms with van der Waals surface area (Å²) in [6.07, 6.45) is 5.94. The smallest absolute Gasteiger partial charge is 0.282 e. The molecule has 47 heavy (non-hydrogen) atoms. The van der Waals surface area contributed by atoms with E-state index in [9.17, 15) is 17.6 Å². The summed E-state index contributed by atoms with van der Waals surface area (Å²) < 4.78 is 50.2. The molecule has 1 aromatic heterocycles. The number of nitrogens with zero attached hydrogens (tertiary/aromatic N) is 7. The van der Waals surface area contributed by atoms with Gasteiger partial charge in [-0.25, -0.2) is 14.4 Å². The molecule has 1 aromatic carbocycles. The van der Waals surface area contributed by atoms with Crippen LogP contribution in [0.1, 0.15) is 57.3 Å². The molecule has 4 fully saturated rings. The van der Waals surface area contributed by atoms with E-state index in [2.05, 4.69) is 25.1 Å². The Morgan fingerprint density at radius 3 is 2.40 bits per heavy atom. The molecule has 4 saturated heterocycles. The Hall–Kier alpha value is -2.91. The molecule has 4 aliphatic rings. The van der Waals surface area contributed by atoms with Crippen molar-refractivity contribution in [2.45, 2.75) is 59.0 Å². The van der Waals surface area contributed by atoms with Gasteiger partial charge in [0, 0.05) is 84.1 Å². The van der Waals surface area contributed by atoms with Crippen molar-refractivity contribution in [1.29, 1.82) is 0 Å². The van der Waals surface area contributed by atoms with Gasteiger partial charge in [-0.1, -0.05) is 0 Å². The topological polar surface area (TPSA) is 114 Å². The number of nitrogens with one attached hydrogen (secondary N) is 1. The third-order valence-electron chi connectivity index (χ3n) is 10.1. The third kappa shape index (κ3) is 7.26. The number of halogens is 1. The fourth-order valence-corrected chi connectivity index (χ4v) is 9.43. The Balaban J connectivity index is 1.05. The van der Waals surface area contributed by atoms with Crippen molar-refractivity contribution in [3.8, 4) is 11.5 Å². The van der Waals surface area contributed by atoms with Crippen LogP contribution in [0.3, 0.4) is 0 Å². The maximum absolute atomic E-state index is 14.4. The standard InChI is InChI=1S/C33H49FN8O4S/c1-24(2)42(25(3)4)32(43)28-17-27(34)5-6-29(28)46-30-18-36-23-37-31(30)39-12-7-26(20-39)19-38-21-33(22-38)8-13-40(14-9-33)47(44,45)41-15-10-35-11-16-41/h5-6,17-18,23-26,35H,7-16,19-22H2,1-4H3. The summed E-state index contributed by atoms with van der Waals surface area (Å²) in [7, 11) is -3.38. The average Bonchev–Trinajstić information content (AvgIpc) is 3.50. The van der Waals surface area contributed by atoms with Crippen molar-refractivity contribution in [1.82, 2.24) is 33.7 Å². The Labute approximate surface area is 278 Å². The lowest BCUT2D eigenvalue weighted by molar-refractivity contribution is -0.0413. The van der Waals surface area contributed by atoms with E-state index in [0.717, 1.165) is 52.0 Å². The van der Waals surface area contributed by atoms with Crippen molar-refractivity contribution in [2.24, 2.45) is 11.3 Å². The predicted molar refractivity (Wildman–Crippen MR) is 178 cm³/mol. The molecule has 5 heterocycles. The number of likely N-dealkylation sites (tertiary alicyclic amines) is 1. The third-order valence-corrected chi connectivity index (χ3v) is 12.2. The highest BCUT2D eigenvalue weighted by Gasteiger charge is 2.47. The van der Waals surface area contributed by atoms with E-state index in [0.29, 0.717) is 56.8 Å². The first-order valence-electron chi connectivity index (χ1n) is 17.0. The van der Waals surface area contributed by atoms with Gasteiger partial charge < -0.3 is 24.8 Å². The highest BCUT2D eigenvalue weighted by Crippen LogP contribution is 2.42. The van der Waals surface area contributed by atoms with E-state index in [4.69, 9.17) is 4.74 Å². The lowest BCUT2D eigenvalue weighted by Gasteiger charge is -2.54. The Morgan fingerprint density at radius 1 is 1.04 bits per heavy atom. The molecule has 14 heteroatoms. The molecule has 0 bridgehead atoms. The molecule has 4 aliphatic heterocycles. The van der Waals surface area contributed by atoms with Crippen LogP contribution < -0.4 is 15.0 Å². The summed E-state index contributed by atoms with van der Waals surface area (Å²) in [6.45, 7) is 16.1. The van der Waals surface area contributed by atoms with Gasteiger partial charge in [0.15, 0.2) is 11.6 Å². The summed E-state index contributed by atoms with van der Waals surface area (Å²) in [4.78, 5) is 28.7. The summed E-state index contributed by atoms with van der Waals surface area (Å²) in [5.41, 5.74) is 0.382. The second kappa shape index (κ2) is 13.9. The van der Waals surface area contributed by atoms with Crippen LogP contribution in [0.5, 0.6) is 11.5 Å². The lowest BCUT2D eigenvalue weighted by atomic mass is 9.72. The number of anilines is 1. The maximum Gasteiger partial charge on any atom is 0.282 e. The van der Waals surface area contributed by atoms with Crippen LogP contribution in [-0.2, 0) is 10.2 Å². The van der Waals surface area contributed by atoms with E-state index in [1.54, 1.807) is 19.7 Å². The first kappa shape index (κ1) is 34.0. The van der Waals surface area contributed by atoms with E-state index >= 15 is 0 Å². The second-order valence-corrected chi connectivity index (χ2v) is 16.1. The number of piperazine rings is 1. The van der Waals surface area contributed by atoms with E-state index in [1.807, 2.05) is 27.7 Å². The van der Waals surface area contributed by atoms with Gasteiger partial charge in [0.25, 0.3) is 16.1 Å². The Bertz CT molecular complexity index is 1510. The van der Waals surface area contributed by atoms with Crippen molar-refractivity contribution >= 4 is 21.9 Å². The minimum absolute atomic E-state index is 0.0663. The van der Waals surface area contributed by atoms with E-state index in [1.165, 1.54) is 24.5 Å². The summed E-state index contributed by atoms with van der Waals surface area (Å²) in [6, 6.07) is 3.90. The zero-order valence-electron chi connectivity index (χ0n) is 28.1. The highest BCUT2D eigenvalue weighted by molar-refractivity contribution is 7.86. The zero-order chi connectivity index (χ0) is 33.3. The second-order valence-electron chi connectivity index (χ2n) is 14.2. The van der Waals surface area contributed by atoms with Gasteiger partial charge in [-0.15, -0.1) is 0 Å². The summed E-state index contributed by atoms with van der Waals surface area (Å²) in [5.74, 6) is 1.03. The molecule has 2 aromatic rings. The summed E-state index contributed by atoms with van der Waals surface area (Å²) >= 11 is 0. The van der Waals surface area contributed by atoms with Crippen LogP contribution in [0.2, 0.25) is 0 Å². The number of carbonyl (C=O) groups excluding carboxylic acids is 1. The monoisotopic (exact) mass is 672 g/mol. The molecule has 0 aliphatic carbocycles. The van der Waals surface area contributed by atoms with Crippen LogP contribution in [0, 0.1) is 17.2 Å². The van der Waals surface area contributed by atoms with E-state index < -0.39 is 16.0 Å². The van der Waals surface area contributed by atoms with Crippen LogP contribution in [-0.4, -0.2) is 127 Å². The molecule has 1 amide bonds. The van der Waals surface area contributed by atoms with Gasteiger partial charge in [0.1, 0.15) is 17.9 Å². The van der Waals surface area contributed by atoms with Gasteiger partial charge in [0.05, 0.1) is 11.8 Å². The Morgan fingerprint density at radius 2 is 1.72 bits per heavy atom. The lowest BCUT2D eigenvalue weighted by Crippen LogP contribution is -2.62. The van der Waals surface area contributed by atoms with Gasteiger partial charge in [-0.3, -0.25) is 4.79 Å². The SMILES string of the molecule is CC(C)N(C(=O)c1cc(F)ccc1Oc1cncnc1N1CCC(CN2CC3(CCN(S(=O)(=O)N4CCNCC4)CC3)C2)C1)C(C)C. The van der Waals surface area contributed by atoms with Crippen molar-refractivity contribution < 1.29 is 22.3 Å². The molecular formula is C33H49FN8O4S. The van der Waals surface area contributed by atoms with Crippen LogP contribution in [0.15, 0.2) is 30.7 Å². The molecule has 0 saturated carbocycles. The average molecular weight is 673 g/mol. The number of amides is 1. The quantitative estimate of drug-likeness (QED) is 0.407. The molecular weight excluding hydrogens is 623 g/mol. The molecule has 1 spiro atoms. The van der Waals surface area contributed by atoms with Gasteiger partial charge >= 0.3 is 0 Å². The minimum atomic E-state index is -3.38. The largest absolute Gasteiger partial charge is 0.451 e. The number of rotatable bonds is 10. The van der Waals surface area contributed by atoms with Crippen molar-refractivity contribution in [3.63, 3.8) is 0 Å². The number of ether oxygens (including phenoxy) is 1. The fourth-order valence-electron chi connectivity index (χ4n) is 7.82. The van der Waals surface area contributed by atoms with Crippen LogP contribution in [0.25, 0.3) is 0 Å². The number of piperidine rings is 1. The number of benzene rings is 1. The molecule has 12 nitrogen and oxygen atoms in total. The molecule has 1 atom stereocenters. The number of hydrogen-bond donors (Lipinski definition) is 1. The zero-order valence-corrected chi connectivity index (χ0v) is 28.9. The van der Waals surface area contributed by atoms with Crippen LogP contribution >= 0.6 is 0 Å². The number of carbonyl (C=O) groups is 1. The van der Waals surface area contributed by atoms with Gasteiger partial charge in [-0.2, -0.15) is 17.0 Å². The molecule has 0 radical (unpaired) electrons. The van der Waals surface area contributed by atoms with Crippen molar-refractivity contribution in [3.05, 3.63) is 42.1 Å². The minimum Gasteiger partial charge on any atom is -0.451 e. The highest BCUT2D eigenvalue weighted by atomic mass is 32.2. The first-order valence-corrected chi connectivity index (χ1v) is 18.4. The van der Waals surface area contributed by atoms with Gasteiger partial charge in [-0.05, 0) is 76.5 Å². The normalized spacial score (nSPS) is 22.6. The fraction of sp³-hybridized carbons (Fsp3) is 0.667. The van der Waals surface area contributed by atoms with Gasteiger partial charge in [0.2, 0.25) is 0 Å². The number of hydrogen-bond acceptors (Lipinski definition) is 9. The first-order chi connectivity index (χ1) is 22.5. The van der Waals surface area contributed by atoms with Crippen LogP contribution in [0.4, 0.5) is 10.2 Å². The number of aromatic nitrogens is 2.